The average molecular weight is 314 g/mol. The lowest BCUT2D eigenvalue weighted by atomic mass is 10.1. The Balaban J connectivity index is 2.07. The molecule has 0 bridgehead atoms. The number of piperazine rings is 1. The van der Waals surface area contributed by atoms with Crippen molar-refractivity contribution in [3.05, 3.63) is 18.5 Å². The van der Waals surface area contributed by atoms with Gasteiger partial charge in [0.15, 0.2) is 0 Å². The fourth-order valence-electron chi connectivity index (χ4n) is 2.42. The normalized spacial score (nSPS) is 18.8. The van der Waals surface area contributed by atoms with Crippen molar-refractivity contribution in [2.75, 3.05) is 38.5 Å². The van der Waals surface area contributed by atoms with E-state index < -0.39 is 15.6 Å². The number of nitrogens with zero attached hydrogens (tertiary/aromatic N) is 3. The fourth-order valence-corrected chi connectivity index (χ4v) is 3.90. The van der Waals surface area contributed by atoms with Crippen molar-refractivity contribution in [1.82, 2.24) is 14.2 Å². The van der Waals surface area contributed by atoms with Crippen molar-refractivity contribution >= 4 is 15.7 Å². The standard InChI is InChI=1S/C13H22N4O3S/c1-13(2,18)10-16-5-7-17(8-6-16)21(19,20)12-9-15-4-3-11(12)14/h3-4,9,18H,5-8,10H2,1-2H3,(H2,14,15). The van der Waals surface area contributed by atoms with Gasteiger partial charge in [-0.1, -0.05) is 0 Å². The van der Waals surface area contributed by atoms with E-state index in [1.165, 1.54) is 22.8 Å². The van der Waals surface area contributed by atoms with E-state index in [9.17, 15) is 13.5 Å². The summed E-state index contributed by atoms with van der Waals surface area (Å²) in [7, 11) is -3.60. The number of pyridine rings is 1. The van der Waals surface area contributed by atoms with Gasteiger partial charge in [0, 0.05) is 45.1 Å². The lowest BCUT2D eigenvalue weighted by Crippen LogP contribution is -2.51. The summed E-state index contributed by atoms with van der Waals surface area (Å²) in [6.45, 7) is 5.95. The maximum atomic E-state index is 12.5. The second-order valence-corrected chi connectivity index (χ2v) is 7.81. The third-order valence-corrected chi connectivity index (χ3v) is 5.32. The highest BCUT2D eigenvalue weighted by Crippen LogP contribution is 2.22. The van der Waals surface area contributed by atoms with Crippen molar-refractivity contribution in [3.63, 3.8) is 0 Å². The molecular weight excluding hydrogens is 292 g/mol. The Morgan fingerprint density at radius 1 is 1.33 bits per heavy atom. The molecule has 2 heterocycles. The van der Waals surface area contributed by atoms with Gasteiger partial charge in [-0.3, -0.25) is 9.88 Å². The molecule has 1 aromatic rings. The summed E-state index contributed by atoms with van der Waals surface area (Å²) in [6.07, 6.45) is 2.75. The molecule has 0 atom stereocenters. The van der Waals surface area contributed by atoms with Crippen molar-refractivity contribution in [2.24, 2.45) is 0 Å². The molecule has 8 heteroatoms. The molecular formula is C13H22N4O3S. The number of hydrogen-bond donors (Lipinski definition) is 2. The molecule has 21 heavy (non-hydrogen) atoms. The first-order valence-corrected chi connectivity index (χ1v) is 8.28. The molecule has 3 N–H and O–H groups in total. The molecule has 7 nitrogen and oxygen atoms in total. The Morgan fingerprint density at radius 2 is 1.95 bits per heavy atom. The van der Waals surface area contributed by atoms with Gasteiger partial charge in [-0.2, -0.15) is 4.31 Å². The van der Waals surface area contributed by atoms with Crippen molar-refractivity contribution in [1.29, 1.82) is 0 Å². The van der Waals surface area contributed by atoms with Crippen LogP contribution in [0.1, 0.15) is 13.8 Å². The number of anilines is 1. The molecule has 0 radical (unpaired) electrons. The topological polar surface area (TPSA) is 99.8 Å². The van der Waals surface area contributed by atoms with E-state index in [0.29, 0.717) is 32.7 Å². The van der Waals surface area contributed by atoms with Gasteiger partial charge in [-0.25, -0.2) is 8.42 Å². The largest absolute Gasteiger partial charge is 0.398 e. The minimum absolute atomic E-state index is 0.0564. The van der Waals surface area contributed by atoms with Crippen LogP contribution in [0.2, 0.25) is 0 Å². The highest BCUT2D eigenvalue weighted by Gasteiger charge is 2.31. The van der Waals surface area contributed by atoms with Crippen LogP contribution >= 0.6 is 0 Å². The van der Waals surface area contributed by atoms with Gasteiger partial charge in [0.05, 0.1) is 11.3 Å². The fraction of sp³-hybridized carbons (Fsp3) is 0.615. The summed E-state index contributed by atoms with van der Waals surface area (Å²) < 4.78 is 26.5. The van der Waals surface area contributed by atoms with Crippen LogP contribution in [-0.2, 0) is 10.0 Å². The summed E-state index contributed by atoms with van der Waals surface area (Å²) in [6, 6.07) is 1.48. The zero-order valence-corrected chi connectivity index (χ0v) is 13.2. The van der Waals surface area contributed by atoms with Gasteiger partial charge in [0.2, 0.25) is 10.0 Å². The van der Waals surface area contributed by atoms with E-state index in [4.69, 9.17) is 5.73 Å². The molecule has 0 aliphatic carbocycles. The van der Waals surface area contributed by atoms with Crippen LogP contribution in [-0.4, -0.2) is 66.0 Å². The number of nitrogen functional groups attached to an aromatic ring is 1. The Labute approximate surface area is 125 Å². The first-order chi connectivity index (χ1) is 9.70. The molecule has 1 fully saturated rings. The second kappa shape index (κ2) is 5.88. The summed E-state index contributed by atoms with van der Waals surface area (Å²) in [5.41, 5.74) is 5.16. The predicted octanol–water partition coefficient (Wildman–Crippen LogP) is -0.259. The number of hydrogen-bond acceptors (Lipinski definition) is 6. The number of aliphatic hydroxyl groups is 1. The molecule has 0 saturated carbocycles. The van der Waals surface area contributed by atoms with Crippen LogP contribution in [0.15, 0.2) is 23.4 Å². The zero-order chi connectivity index (χ0) is 15.7. The molecule has 118 valence electrons. The van der Waals surface area contributed by atoms with Crippen LogP contribution in [0.5, 0.6) is 0 Å². The number of sulfonamides is 1. The van der Waals surface area contributed by atoms with Gasteiger partial charge in [0.1, 0.15) is 4.90 Å². The minimum atomic E-state index is -3.60. The smallest absolute Gasteiger partial charge is 0.246 e. The third-order valence-electron chi connectivity index (χ3n) is 3.38. The zero-order valence-electron chi connectivity index (χ0n) is 12.4. The van der Waals surface area contributed by atoms with E-state index >= 15 is 0 Å². The van der Waals surface area contributed by atoms with Crippen LogP contribution in [0.3, 0.4) is 0 Å². The van der Waals surface area contributed by atoms with E-state index in [1.807, 2.05) is 0 Å². The maximum absolute atomic E-state index is 12.5. The average Bonchev–Trinajstić information content (AvgIpc) is 2.37. The molecule has 0 unspecified atom stereocenters. The quantitative estimate of drug-likeness (QED) is 0.794. The van der Waals surface area contributed by atoms with Crippen LogP contribution in [0.4, 0.5) is 5.69 Å². The monoisotopic (exact) mass is 314 g/mol. The Morgan fingerprint density at radius 3 is 2.48 bits per heavy atom. The van der Waals surface area contributed by atoms with Crippen molar-refractivity contribution < 1.29 is 13.5 Å². The molecule has 2 rings (SSSR count). The van der Waals surface area contributed by atoms with Gasteiger partial charge >= 0.3 is 0 Å². The van der Waals surface area contributed by atoms with Crippen LogP contribution in [0.25, 0.3) is 0 Å². The summed E-state index contributed by atoms with van der Waals surface area (Å²) in [4.78, 5) is 5.95. The Bertz CT molecular complexity index is 590. The molecule has 1 saturated heterocycles. The van der Waals surface area contributed by atoms with Crippen molar-refractivity contribution in [3.8, 4) is 0 Å². The number of aromatic nitrogens is 1. The minimum Gasteiger partial charge on any atom is -0.398 e. The molecule has 0 aromatic carbocycles. The van der Waals surface area contributed by atoms with E-state index in [2.05, 4.69) is 9.88 Å². The van der Waals surface area contributed by atoms with Gasteiger partial charge in [-0.15, -0.1) is 0 Å². The van der Waals surface area contributed by atoms with Gasteiger partial charge in [0.25, 0.3) is 0 Å². The van der Waals surface area contributed by atoms with Gasteiger partial charge < -0.3 is 10.8 Å². The van der Waals surface area contributed by atoms with Crippen LogP contribution < -0.4 is 5.73 Å². The lowest BCUT2D eigenvalue weighted by Gasteiger charge is -2.36. The maximum Gasteiger partial charge on any atom is 0.246 e. The molecule has 1 aromatic heterocycles. The predicted molar refractivity (Wildman–Crippen MR) is 80.1 cm³/mol. The number of rotatable bonds is 4. The lowest BCUT2D eigenvalue weighted by molar-refractivity contribution is 0.0263. The Hall–Kier alpha value is -1.22. The first-order valence-electron chi connectivity index (χ1n) is 6.84. The van der Waals surface area contributed by atoms with E-state index in [-0.39, 0.29) is 10.6 Å². The Kier molecular flexibility index (Phi) is 4.52. The molecule has 0 spiro atoms. The van der Waals surface area contributed by atoms with Crippen LogP contribution in [0, 0.1) is 0 Å². The first kappa shape index (κ1) is 16.2. The summed E-state index contributed by atoms with van der Waals surface area (Å²) >= 11 is 0. The molecule has 1 aliphatic rings. The summed E-state index contributed by atoms with van der Waals surface area (Å²) in [5, 5.41) is 9.81. The van der Waals surface area contributed by atoms with Gasteiger partial charge in [-0.05, 0) is 19.9 Å². The molecule has 0 amide bonds. The summed E-state index contributed by atoms with van der Waals surface area (Å²) in [5.74, 6) is 0. The third kappa shape index (κ3) is 3.91. The van der Waals surface area contributed by atoms with E-state index in [1.54, 1.807) is 13.8 Å². The highest BCUT2D eigenvalue weighted by molar-refractivity contribution is 7.89. The second-order valence-electron chi connectivity index (χ2n) is 5.91. The number of β-amino-alcohol motifs (C(OH)–C–C–N with tert-alkyl or cyclic N) is 1. The van der Waals surface area contributed by atoms with Crippen molar-refractivity contribution in [2.45, 2.75) is 24.3 Å². The highest BCUT2D eigenvalue weighted by atomic mass is 32.2. The van der Waals surface area contributed by atoms with E-state index in [0.717, 1.165) is 0 Å². The number of nitrogens with two attached hydrogens (primary N) is 1. The molecule has 1 aliphatic heterocycles. The SMILES string of the molecule is CC(C)(O)CN1CCN(S(=O)(=O)c2cnccc2N)CC1.